The first kappa shape index (κ1) is 24.0. The van der Waals surface area contributed by atoms with Gasteiger partial charge < -0.3 is 26.4 Å². The van der Waals surface area contributed by atoms with Crippen molar-refractivity contribution in [3.63, 3.8) is 0 Å². The van der Waals surface area contributed by atoms with Gasteiger partial charge in [-0.3, -0.25) is 0 Å². The first-order valence-electron chi connectivity index (χ1n) is 10.2. The van der Waals surface area contributed by atoms with Crippen LogP contribution in [-0.2, 0) is 0 Å². The van der Waals surface area contributed by atoms with Crippen LogP contribution in [0.3, 0.4) is 0 Å². The molecule has 0 unspecified atom stereocenters. The first-order chi connectivity index (χ1) is 14.5. The highest BCUT2D eigenvalue weighted by Crippen LogP contribution is 2.17. The minimum atomic E-state index is 0.251. The van der Waals surface area contributed by atoms with Crippen molar-refractivity contribution >= 4 is 59.3 Å². The molecule has 0 aromatic heterocycles. The number of thiocarbonyl (C=S) groups is 2. The van der Waals surface area contributed by atoms with Crippen molar-refractivity contribution in [3.05, 3.63) is 48.5 Å². The fourth-order valence-corrected chi connectivity index (χ4v) is 3.24. The molecule has 0 saturated heterocycles. The molecule has 158 valence electrons. The number of hydrogen-bond acceptors (Lipinski definition) is 3. The number of para-hydroxylation sites is 1. The third kappa shape index (κ3) is 9.94. The highest BCUT2D eigenvalue weighted by atomic mass is 32.1. The average molecular weight is 440 g/mol. The van der Waals surface area contributed by atoms with Crippen LogP contribution in [0.2, 0.25) is 0 Å². The number of ether oxygens (including phenoxy) is 1. The van der Waals surface area contributed by atoms with Gasteiger partial charge in [0.2, 0.25) is 0 Å². The van der Waals surface area contributed by atoms with Crippen LogP contribution in [0.4, 0.5) is 11.4 Å². The fraction of sp³-hybridized carbons (Fsp3) is 0.364. The van der Waals surface area contributed by atoms with Gasteiger partial charge in [0.05, 0.1) is 6.61 Å². The summed E-state index contributed by atoms with van der Waals surface area (Å²) in [4.78, 5) is 0. The van der Waals surface area contributed by atoms with Crippen molar-refractivity contribution in [1.82, 2.24) is 5.32 Å². The second-order valence-corrected chi connectivity index (χ2v) is 7.80. The van der Waals surface area contributed by atoms with Crippen molar-refractivity contribution in [3.8, 4) is 5.75 Å². The maximum atomic E-state index is 5.90. The maximum absolute atomic E-state index is 5.90. The summed E-state index contributed by atoms with van der Waals surface area (Å²) >= 11 is 10.2. The van der Waals surface area contributed by atoms with Crippen LogP contribution in [-0.4, -0.2) is 31.2 Å². The molecule has 0 fully saturated rings. The highest BCUT2D eigenvalue weighted by Gasteiger charge is 2.00. The first-order valence-corrected chi connectivity index (χ1v) is 11.0. The lowest BCUT2D eigenvalue weighted by molar-refractivity contribution is 0.304. The monoisotopic (exact) mass is 440 g/mol. The molecule has 2 aromatic rings. The smallest absolute Gasteiger partial charge is 0.170 e. The SMILES string of the molecule is [B]c1ccccc1NC(=S)NCCCCCCCCOc1cccc(NC(N)=S)c1. The van der Waals surface area contributed by atoms with Crippen LogP contribution in [0.25, 0.3) is 0 Å². The van der Waals surface area contributed by atoms with Crippen molar-refractivity contribution in [2.75, 3.05) is 23.8 Å². The summed E-state index contributed by atoms with van der Waals surface area (Å²) in [5.74, 6) is 0.823. The van der Waals surface area contributed by atoms with Gasteiger partial charge in [-0.25, -0.2) is 0 Å². The van der Waals surface area contributed by atoms with Crippen molar-refractivity contribution in [2.24, 2.45) is 5.73 Å². The van der Waals surface area contributed by atoms with Crippen molar-refractivity contribution in [2.45, 2.75) is 38.5 Å². The van der Waals surface area contributed by atoms with E-state index in [1.807, 2.05) is 48.5 Å². The van der Waals surface area contributed by atoms with E-state index in [4.69, 9.17) is 42.8 Å². The molecule has 0 aliphatic carbocycles. The molecule has 0 heterocycles. The second kappa shape index (κ2) is 13.8. The zero-order valence-electron chi connectivity index (χ0n) is 17.2. The highest BCUT2D eigenvalue weighted by molar-refractivity contribution is 7.80. The van der Waals surface area contributed by atoms with E-state index < -0.39 is 0 Å². The minimum Gasteiger partial charge on any atom is -0.494 e. The molecule has 5 N–H and O–H groups in total. The number of benzene rings is 2. The molecule has 0 spiro atoms. The number of hydrogen-bond donors (Lipinski definition) is 4. The standard InChI is InChI=1S/C22H29BN4OS2/c23-19-12-5-6-13-20(19)27-22(30)25-14-7-3-1-2-4-8-15-28-18-11-9-10-17(16-18)26-21(24)29/h5-6,9-13,16H,1-4,7-8,14-15H2,(H3,24,26,29)(H2,25,27,30). The van der Waals surface area contributed by atoms with Crippen LogP contribution >= 0.6 is 24.4 Å². The molecule has 8 heteroatoms. The summed E-state index contributed by atoms with van der Waals surface area (Å²) in [6.07, 6.45) is 6.88. The molecule has 30 heavy (non-hydrogen) atoms. The third-order valence-corrected chi connectivity index (χ3v) is 4.78. The molecule has 0 aliphatic heterocycles. The fourth-order valence-electron chi connectivity index (χ4n) is 2.91. The molecule has 0 amide bonds. The van der Waals surface area contributed by atoms with Gasteiger partial charge in [-0.15, -0.1) is 0 Å². The predicted octanol–water partition coefficient (Wildman–Crippen LogP) is 3.84. The van der Waals surface area contributed by atoms with Gasteiger partial charge in [-0.2, -0.15) is 0 Å². The third-order valence-electron chi connectivity index (χ3n) is 4.44. The summed E-state index contributed by atoms with van der Waals surface area (Å²) in [5.41, 5.74) is 7.85. The lowest BCUT2D eigenvalue weighted by Crippen LogP contribution is -2.31. The topological polar surface area (TPSA) is 71.3 Å². The van der Waals surface area contributed by atoms with E-state index >= 15 is 0 Å². The Kier molecular flexibility index (Phi) is 11.0. The van der Waals surface area contributed by atoms with E-state index in [-0.39, 0.29) is 5.11 Å². The molecule has 0 aliphatic rings. The molecular formula is C22H29BN4OS2. The number of nitrogens with two attached hydrogens (primary N) is 1. The molecule has 0 saturated carbocycles. The Balaban J connectivity index is 1.45. The Labute approximate surface area is 191 Å². The Morgan fingerprint density at radius 1 is 0.900 bits per heavy atom. The van der Waals surface area contributed by atoms with E-state index in [1.54, 1.807) is 0 Å². The van der Waals surface area contributed by atoms with E-state index in [9.17, 15) is 0 Å². The summed E-state index contributed by atoms with van der Waals surface area (Å²) < 4.78 is 5.79. The predicted molar refractivity (Wildman–Crippen MR) is 136 cm³/mol. The normalized spacial score (nSPS) is 10.3. The van der Waals surface area contributed by atoms with Crippen LogP contribution in [0.5, 0.6) is 5.75 Å². The summed E-state index contributed by atoms with van der Waals surface area (Å²) in [7, 11) is 5.90. The van der Waals surface area contributed by atoms with E-state index in [0.29, 0.717) is 17.2 Å². The molecule has 0 atom stereocenters. The number of nitrogens with one attached hydrogen (secondary N) is 3. The van der Waals surface area contributed by atoms with Gasteiger partial charge >= 0.3 is 0 Å². The summed E-state index contributed by atoms with van der Waals surface area (Å²) in [5, 5.41) is 10.1. The zero-order valence-corrected chi connectivity index (χ0v) is 18.8. The molecular weight excluding hydrogens is 411 g/mol. The van der Waals surface area contributed by atoms with Gasteiger partial charge in [0.1, 0.15) is 13.6 Å². The van der Waals surface area contributed by atoms with Crippen LogP contribution in [0.15, 0.2) is 48.5 Å². The van der Waals surface area contributed by atoms with Crippen LogP contribution < -0.4 is 31.9 Å². The lowest BCUT2D eigenvalue weighted by atomic mass is 9.94. The Morgan fingerprint density at radius 3 is 2.40 bits per heavy atom. The number of unbranched alkanes of at least 4 members (excludes halogenated alkanes) is 5. The van der Waals surface area contributed by atoms with E-state index in [0.717, 1.165) is 42.9 Å². The Hall–Kier alpha value is -2.32. The summed E-state index contributed by atoms with van der Waals surface area (Å²) in [6, 6.07) is 15.2. The molecule has 5 nitrogen and oxygen atoms in total. The summed E-state index contributed by atoms with van der Waals surface area (Å²) in [6.45, 7) is 1.57. The Morgan fingerprint density at radius 2 is 1.63 bits per heavy atom. The largest absolute Gasteiger partial charge is 0.494 e. The number of anilines is 2. The zero-order chi connectivity index (χ0) is 21.6. The average Bonchev–Trinajstić information content (AvgIpc) is 2.71. The number of rotatable bonds is 12. The van der Waals surface area contributed by atoms with Crippen molar-refractivity contribution < 1.29 is 4.74 Å². The van der Waals surface area contributed by atoms with Crippen molar-refractivity contribution in [1.29, 1.82) is 0 Å². The Bertz CT molecular complexity index is 819. The lowest BCUT2D eigenvalue weighted by Gasteiger charge is -2.12. The minimum absolute atomic E-state index is 0.251. The van der Waals surface area contributed by atoms with Crippen LogP contribution in [0.1, 0.15) is 38.5 Å². The molecule has 2 radical (unpaired) electrons. The molecule has 2 aromatic carbocycles. The maximum Gasteiger partial charge on any atom is 0.170 e. The van der Waals surface area contributed by atoms with Gasteiger partial charge in [-0.1, -0.05) is 55.4 Å². The van der Waals surface area contributed by atoms with E-state index in [2.05, 4.69) is 16.0 Å². The van der Waals surface area contributed by atoms with E-state index in [1.165, 1.54) is 19.3 Å². The quantitative estimate of drug-likeness (QED) is 0.227. The van der Waals surface area contributed by atoms with Gasteiger partial charge in [0.15, 0.2) is 10.2 Å². The second-order valence-electron chi connectivity index (χ2n) is 6.96. The van der Waals surface area contributed by atoms with Crippen LogP contribution in [0, 0.1) is 0 Å². The molecule has 0 bridgehead atoms. The van der Waals surface area contributed by atoms with Gasteiger partial charge in [0.25, 0.3) is 0 Å². The molecule has 2 rings (SSSR count). The van der Waals surface area contributed by atoms with Gasteiger partial charge in [0, 0.05) is 24.0 Å². The van der Waals surface area contributed by atoms with Gasteiger partial charge in [-0.05, 0) is 55.5 Å².